The van der Waals surface area contributed by atoms with Crippen molar-refractivity contribution in [2.45, 2.75) is 50.7 Å². The maximum atomic E-state index is 12.3. The highest BCUT2D eigenvalue weighted by Crippen LogP contribution is 2.41. The third kappa shape index (κ3) is 4.88. The van der Waals surface area contributed by atoms with Gasteiger partial charge in [-0.3, -0.25) is 4.79 Å². The number of thioether (sulfide) groups is 1. The number of ether oxygens (including phenoxy) is 1. The maximum absolute atomic E-state index is 12.3. The van der Waals surface area contributed by atoms with Crippen molar-refractivity contribution in [1.29, 1.82) is 0 Å². The zero-order chi connectivity index (χ0) is 19.4. The van der Waals surface area contributed by atoms with Crippen LogP contribution in [0.5, 0.6) is 0 Å². The zero-order valence-corrected chi connectivity index (χ0v) is 16.6. The molecule has 144 valence electrons. The Balaban J connectivity index is 1.56. The van der Waals surface area contributed by atoms with E-state index in [9.17, 15) is 9.59 Å². The van der Waals surface area contributed by atoms with Gasteiger partial charge in [0.05, 0.1) is 17.9 Å². The highest BCUT2D eigenvalue weighted by Gasteiger charge is 2.31. The largest absolute Gasteiger partial charge is 0.462 e. The van der Waals surface area contributed by atoms with Gasteiger partial charge >= 0.3 is 5.97 Å². The molecular formula is C19H24N4O3S. The van der Waals surface area contributed by atoms with Crippen LogP contribution in [-0.2, 0) is 9.53 Å². The van der Waals surface area contributed by atoms with Gasteiger partial charge < -0.3 is 14.6 Å². The molecule has 2 aromatic rings. The number of anilines is 1. The van der Waals surface area contributed by atoms with E-state index < -0.39 is 0 Å². The molecule has 0 aliphatic heterocycles. The summed E-state index contributed by atoms with van der Waals surface area (Å²) in [5.41, 5.74) is 1.10. The number of rotatable bonds is 8. The first-order valence-corrected chi connectivity index (χ1v) is 10.1. The summed E-state index contributed by atoms with van der Waals surface area (Å²) in [7, 11) is 0. The number of nitrogens with one attached hydrogen (secondary N) is 1. The predicted molar refractivity (Wildman–Crippen MR) is 104 cm³/mol. The first-order chi connectivity index (χ1) is 13.0. The summed E-state index contributed by atoms with van der Waals surface area (Å²) in [5.74, 6) is 1.29. The van der Waals surface area contributed by atoms with Crippen LogP contribution in [0.2, 0.25) is 0 Å². The molecule has 1 heterocycles. The number of amides is 1. The van der Waals surface area contributed by atoms with Crippen molar-refractivity contribution in [2.24, 2.45) is 0 Å². The summed E-state index contributed by atoms with van der Waals surface area (Å²) >= 11 is 1.39. The van der Waals surface area contributed by atoms with Gasteiger partial charge in [0.25, 0.3) is 0 Å². The van der Waals surface area contributed by atoms with E-state index >= 15 is 0 Å². The summed E-state index contributed by atoms with van der Waals surface area (Å²) in [4.78, 5) is 23.9. The number of nitrogens with zero attached hydrogens (tertiary/aromatic N) is 3. The molecule has 0 atom stereocenters. The number of carbonyl (C=O) groups excluding carboxylic acids is 2. The lowest BCUT2D eigenvalue weighted by Gasteiger charge is -2.13. The molecule has 0 unspecified atom stereocenters. The van der Waals surface area contributed by atoms with Crippen LogP contribution in [-0.4, -0.2) is 39.0 Å². The lowest BCUT2D eigenvalue weighted by atomic mass is 10.2. The molecule has 0 saturated heterocycles. The molecule has 1 aliphatic carbocycles. The Morgan fingerprint density at radius 1 is 1.26 bits per heavy atom. The second-order valence-corrected chi connectivity index (χ2v) is 7.66. The van der Waals surface area contributed by atoms with Crippen molar-refractivity contribution in [3.8, 4) is 0 Å². The monoisotopic (exact) mass is 388 g/mol. The van der Waals surface area contributed by atoms with Gasteiger partial charge in [0.2, 0.25) is 5.91 Å². The highest BCUT2D eigenvalue weighted by molar-refractivity contribution is 7.99. The van der Waals surface area contributed by atoms with Crippen molar-refractivity contribution >= 4 is 29.3 Å². The molecule has 1 aromatic heterocycles. The van der Waals surface area contributed by atoms with E-state index in [2.05, 4.69) is 33.9 Å². The third-order valence-corrected chi connectivity index (χ3v) is 5.11. The number of esters is 1. The quantitative estimate of drug-likeness (QED) is 0.549. The molecule has 1 amide bonds. The molecular weight excluding hydrogens is 364 g/mol. The van der Waals surface area contributed by atoms with Gasteiger partial charge in [-0.1, -0.05) is 11.8 Å². The van der Waals surface area contributed by atoms with Crippen molar-refractivity contribution in [2.75, 3.05) is 17.7 Å². The minimum Gasteiger partial charge on any atom is -0.462 e. The molecule has 7 nitrogen and oxygen atoms in total. The van der Waals surface area contributed by atoms with Gasteiger partial charge in [-0.15, -0.1) is 10.2 Å². The Hall–Kier alpha value is -2.35. The van der Waals surface area contributed by atoms with E-state index in [1.165, 1.54) is 11.8 Å². The fourth-order valence-electron chi connectivity index (χ4n) is 2.72. The number of benzene rings is 1. The average Bonchev–Trinajstić information content (AvgIpc) is 3.39. The molecule has 0 radical (unpaired) electrons. The minimum absolute atomic E-state index is 0.129. The normalized spacial score (nSPS) is 13.6. The van der Waals surface area contributed by atoms with E-state index in [-0.39, 0.29) is 23.7 Å². The van der Waals surface area contributed by atoms with Crippen LogP contribution in [0.1, 0.15) is 61.8 Å². The first kappa shape index (κ1) is 19.4. The lowest BCUT2D eigenvalue weighted by Crippen LogP contribution is -2.15. The molecule has 3 rings (SSSR count). The van der Waals surface area contributed by atoms with Crippen LogP contribution in [0.4, 0.5) is 5.69 Å². The van der Waals surface area contributed by atoms with Crippen LogP contribution < -0.4 is 5.32 Å². The van der Waals surface area contributed by atoms with Crippen molar-refractivity contribution in [3.05, 3.63) is 35.7 Å². The minimum atomic E-state index is -0.370. The number of hydrogen-bond acceptors (Lipinski definition) is 6. The first-order valence-electron chi connectivity index (χ1n) is 9.14. The molecule has 1 saturated carbocycles. The van der Waals surface area contributed by atoms with E-state index in [1.807, 2.05) is 0 Å². The van der Waals surface area contributed by atoms with Gasteiger partial charge in [-0.2, -0.15) is 0 Å². The summed E-state index contributed by atoms with van der Waals surface area (Å²) < 4.78 is 7.07. The average molecular weight is 388 g/mol. The molecule has 1 fully saturated rings. The molecule has 8 heteroatoms. The predicted octanol–water partition coefficient (Wildman–Crippen LogP) is 3.64. The smallest absolute Gasteiger partial charge is 0.338 e. The van der Waals surface area contributed by atoms with Crippen LogP contribution in [0, 0.1) is 0 Å². The maximum Gasteiger partial charge on any atom is 0.338 e. The number of carbonyl (C=O) groups is 2. The van der Waals surface area contributed by atoms with Gasteiger partial charge in [0.1, 0.15) is 5.82 Å². The topological polar surface area (TPSA) is 86.1 Å². The lowest BCUT2D eigenvalue weighted by molar-refractivity contribution is -0.113. The van der Waals surface area contributed by atoms with Crippen LogP contribution in [0.25, 0.3) is 0 Å². The molecule has 27 heavy (non-hydrogen) atoms. The van der Waals surface area contributed by atoms with Crippen molar-refractivity contribution in [1.82, 2.24) is 14.8 Å². The Kier molecular flexibility index (Phi) is 6.15. The van der Waals surface area contributed by atoms with Crippen molar-refractivity contribution < 1.29 is 14.3 Å². The SMILES string of the molecule is CCOC(=O)c1ccc(NC(=O)CSc2nnc(C3CC3)n2C(C)C)cc1. The van der Waals surface area contributed by atoms with E-state index in [4.69, 9.17) is 4.74 Å². The Labute approximate surface area is 162 Å². The van der Waals surface area contributed by atoms with E-state index in [0.29, 0.717) is 23.8 Å². The van der Waals surface area contributed by atoms with Gasteiger partial charge in [-0.25, -0.2) is 4.79 Å². The van der Waals surface area contributed by atoms with Crippen LogP contribution in [0.15, 0.2) is 29.4 Å². The van der Waals surface area contributed by atoms with Crippen molar-refractivity contribution in [3.63, 3.8) is 0 Å². The third-order valence-electron chi connectivity index (χ3n) is 4.16. The second kappa shape index (κ2) is 8.56. The summed E-state index contributed by atoms with van der Waals surface area (Å²) in [6.45, 7) is 6.30. The fourth-order valence-corrected chi connectivity index (χ4v) is 3.60. The Bertz CT molecular complexity index is 813. The molecule has 1 aliphatic rings. The Morgan fingerprint density at radius 3 is 2.56 bits per heavy atom. The van der Waals surface area contributed by atoms with Crippen LogP contribution in [0.3, 0.4) is 0 Å². The molecule has 0 spiro atoms. The van der Waals surface area contributed by atoms with Gasteiger partial charge in [0, 0.05) is 17.6 Å². The van der Waals surface area contributed by atoms with E-state index in [0.717, 1.165) is 23.8 Å². The number of aromatic nitrogens is 3. The van der Waals surface area contributed by atoms with Crippen LogP contribution >= 0.6 is 11.8 Å². The summed E-state index contributed by atoms with van der Waals surface area (Å²) in [5, 5.41) is 12.2. The zero-order valence-electron chi connectivity index (χ0n) is 15.8. The summed E-state index contributed by atoms with van der Waals surface area (Å²) in [6, 6.07) is 6.92. The highest BCUT2D eigenvalue weighted by atomic mass is 32.2. The summed E-state index contributed by atoms with van der Waals surface area (Å²) in [6.07, 6.45) is 2.33. The van der Waals surface area contributed by atoms with Gasteiger partial charge in [-0.05, 0) is 57.9 Å². The standard InChI is InChI=1S/C19H24N4O3S/c1-4-26-18(25)14-7-9-15(10-8-14)20-16(24)11-27-19-22-21-17(13-5-6-13)23(19)12(2)3/h7-10,12-13H,4-6,11H2,1-3H3,(H,20,24). The fraction of sp³-hybridized carbons (Fsp3) is 0.474. The number of hydrogen-bond donors (Lipinski definition) is 1. The molecule has 1 N–H and O–H groups in total. The molecule has 0 bridgehead atoms. The van der Waals surface area contributed by atoms with Gasteiger partial charge in [0.15, 0.2) is 5.16 Å². The van der Waals surface area contributed by atoms with E-state index in [1.54, 1.807) is 31.2 Å². The Morgan fingerprint density at radius 2 is 1.96 bits per heavy atom. The molecule has 1 aromatic carbocycles. The second-order valence-electron chi connectivity index (χ2n) is 6.71.